The largest absolute Gasteiger partial charge is 0.489 e. The lowest BCUT2D eigenvalue weighted by Crippen LogP contribution is -2.14. The standard InChI is InChI=1S/C30H50O6/c1-8-9-20-33-29-25(34-21-24(6)7)18-19-26(35-27(31)16-12-10-14-22(2)3)30(29)36-28(32)17-13-11-15-23(4)5/h18-19,22-24H,8-17,20-21H2,1-7H3. The van der Waals surface area contributed by atoms with Gasteiger partial charge < -0.3 is 18.9 Å². The van der Waals surface area contributed by atoms with Crippen molar-refractivity contribution in [2.24, 2.45) is 17.8 Å². The van der Waals surface area contributed by atoms with E-state index in [2.05, 4.69) is 48.5 Å². The molecule has 0 bridgehead atoms. The predicted octanol–water partition coefficient (Wildman–Crippen LogP) is 8.14. The number of benzene rings is 1. The molecule has 0 fully saturated rings. The van der Waals surface area contributed by atoms with Crippen LogP contribution in [0.25, 0.3) is 0 Å². The molecule has 0 atom stereocenters. The van der Waals surface area contributed by atoms with Crippen molar-refractivity contribution in [3.05, 3.63) is 12.1 Å². The van der Waals surface area contributed by atoms with E-state index in [1.54, 1.807) is 12.1 Å². The highest BCUT2D eigenvalue weighted by atomic mass is 16.6. The van der Waals surface area contributed by atoms with Gasteiger partial charge in [-0.2, -0.15) is 0 Å². The number of esters is 2. The number of rotatable bonds is 19. The molecule has 0 radical (unpaired) electrons. The van der Waals surface area contributed by atoms with E-state index in [9.17, 15) is 9.59 Å². The maximum Gasteiger partial charge on any atom is 0.311 e. The lowest BCUT2D eigenvalue weighted by molar-refractivity contribution is -0.137. The molecule has 0 aliphatic heterocycles. The quantitative estimate of drug-likeness (QED) is 0.107. The van der Waals surface area contributed by atoms with Gasteiger partial charge in [0, 0.05) is 12.8 Å². The molecule has 0 spiro atoms. The first-order valence-corrected chi connectivity index (χ1v) is 14.0. The van der Waals surface area contributed by atoms with Gasteiger partial charge in [-0.25, -0.2) is 0 Å². The van der Waals surface area contributed by atoms with Crippen molar-refractivity contribution < 1.29 is 28.5 Å². The molecule has 6 nitrogen and oxygen atoms in total. The summed E-state index contributed by atoms with van der Waals surface area (Å²) in [5, 5.41) is 0. The number of hydrogen-bond donors (Lipinski definition) is 0. The Morgan fingerprint density at radius 3 is 1.75 bits per heavy atom. The molecule has 0 heterocycles. The molecule has 0 aliphatic rings. The van der Waals surface area contributed by atoms with E-state index in [0.717, 1.165) is 51.4 Å². The average molecular weight is 507 g/mol. The maximum atomic E-state index is 12.8. The minimum atomic E-state index is -0.366. The Kier molecular flexibility index (Phi) is 16.0. The van der Waals surface area contributed by atoms with Crippen molar-refractivity contribution in [3.63, 3.8) is 0 Å². The Hall–Kier alpha value is -2.24. The van der Waals surface area contributed by atoms with Gasteiger partial charge in [-0.1, -0.05) is 80.6 Å². The first-order valence-electron chi connectivity index (χ1n) is 14.0. The summed E-state index contributed by atoms with van der Waals surface area (Å²) in [4.78, 5) is 25.4. The summed E-state index contributed by atoms with van der Waals surface area (Å²) in [6.45, 7) is 15.8. The van der Waals surface area contributed by atoms with E-state index in [1.165, 1.54) is 0 Å². The van der Waals surface area contributed by atoms with Crippen LogP contribution in [-0.4, -0.2) is 25.2 Å². The van der Waals surface area contributed by atoms with E-state index < -0.39 is 0 Å². The molecule has 0 amide bonds. The van der Waals surface area contributed by atoms with Crippen LogP contribution in [0.4, 0.5) is 0 Å². The van der Waals surface area contributed by atoms with Gasteiger partial charge in [0.25, 0.3) is 0 Å². The molecule has 0 aromatic heterocycles. The SMILES string of the molecule is CCCCOc1c(OCC(C)C)ccc(OC(=O)CCCCC(C)C)c1OC(=O)CCCCC(C)C. The van der Waals surface area contributed by atoms with E-state index in [-0.39, 0.29) is 23.4 Å². The molecule has 1 aromatic rings. The molecule has 6 heteroatoms. The smallest absolute Gasteiger partial charge is 0.311 e. The molecule has 206 valence electrons. The molecular formula is C30H50O6. The number of hydrogen-bond acceptors (Lipinski definition) is 6. The molecule has 0 saturated carbocycles. The average Bonchev–Trinajstić information content (AvgIpc) is 2.80. The van der Waals surface area contributed by atoms with E-state index in [1.807, 2.05) is 0 Å². The minimum absolute atomic E-state index is 0.136. The number of ether oxygens (including phenoxy) is 4. The van der Waals surface area contributed by atoms with Crippen molar-refractivity contribution in [3.8, 4) is 23.0 Å². The van der Waals surface area contributed by atoms with Crippen molar-refractivity contribution in [1.82, 2.24) is 0 Å². The molecule has 0 saturated heterocycles. The number of carbonyl (C=O) groups is 2. The zero-order valence-electron chi connectivity index (χ0n) is 23.8. The Morgan fingerprint density at radius 1 is 0.667 bits per heavy atom. The van der Waals surface area contributed by atoms with E-state index in [4.69, 9.17) is 18.9 Å². The van der Waals surface area contributed by atoms with Crippen molar-refractivity contribution in [1.29, 1.82) is 0 Å². The van der Waals surface area contributed by atoms with Crippen LogP contribution in [0.15, 0.2) is 12.1 Å². The summed E-state index contributed by atoms with van der Waals surface area (Å²) in [6.07, 6.45) is 7.98. The summed E-state index contributed by atoms with van der Waals surface area (Å²) >= 11 is 0. The van der Waals surface area contributed by atoms with Crippen LogP contribution >= 0.6 is 0 Å². The second-order valence-corrected chi connectivity index (χ2v) is 10.9. The van der Waals surface area contributed by atoms with Crippen molar-refractivity contribution in [2.45, 2.75) is 113 Å². The number of carbonyl (C=O) groups excluding carboxylic acids is 2. The first kappa shape index (κ1) is 31.8. The van der Waals surface area contributed by atoms with Gasteiger partial charge in [-0.05, 0) is 49.1 Å². The highest BCUT2D eigenvalue weighted by molar-refractivity contribution is 5.78. The summed E-state index contributed by atoms with van der Waals surface area (Å²) in [6, 6.07) is 3.36. The first-order chi connectivity index (χ1) is 17.1. The molecular weight excluding hydrogens is 456 g/mol. The monoisotopic (exact) mass is 506 g/mol. The zero-order chi connectivity index (χ0) is 26.9. The van der Waals surface area contributed by atoms with Crippen LogP contribution < -0.4 is 18.9 Å². The third-order valence-electron chi connectivity index (χ3n) is 5.62. The molecule has 36 heavy (non-hydrogen) atoms. The van der Waals surface area contributed by atoms with Gasteiger partial charge >= 0.3 is 11.9 Å². The normalized spacial score (nSPS) is 11.3. The second kappa shape index (κ2) is 18.1. The second-order valence-electron chi connectivity index (χ2n) is 10.9. The highest BCUT2D eigenvalue weighted by Crippen LogP contribution is 2.45. The summed E-state index contributed by atoms with van der Waals surface area (Å²) < 4.78 is 23.5. The van der Waals surface area contributed by atoms with Gasteiger partial charge in [-0.3, -0.25) is 9.59 Å². The molecule has 0 N–H and O–H groups in total. The molecule has 0 unspecified atom stereocenters. The minimum Gasteiger partial charge on any atom is -0.489 e. The van der Waals surface area contributed by atoms with Crippen LogP contribution in [-0.2, 0) is 9.59 Å². The van der Waals surface area contributed by atoms with Gasteiger partial charge in [0.05, 0.1) is 13.2 Å². The van der Waals surface area contributed by atoms with Gasteiger partial charge in [0.15, 0.2) is 11.5 Å². The van der Waals surface area contributed by atoms with Gasteiger partial charge in [0.2, 0.25) is 11.5 Å². The third-order valence-corrected chi connectivity index (χ3v) is 5.62. The van der Waals surface area contributed by atoms with Crippen LogP contribution in [0.5, 0.6) is 23.0 Å². The molecule has 1 rings (SSSR count). The fraction of sp³-hybridized carbons (Fsp3) is 0.733. The van der Waals surface area contributed by atoms with Gasteiger partial charge in [-0.15, -0.1) is 0 Å². The van der Waals surface area contributed by atoms with Gasteiger partial charge in [0.1, 0.15) is 0 Å². The Balaban J connectivity index is 3.12. The summed E-state index contributed by atoms with van der Waals surface area (Å²) in [5.74, 6) is 1.94. The summed E-state index contributed by atoms with van der Waals surface area (Å²) in [5.41, 5.74) is 0. The Bertz CT molecular complexity index is 769. The number of unbranched alkanes of at least 4 members (excludes halogenated alkanes) is 3. The third kappa shape index (κ3) is 13.7. The van der Waals surface area contributed by atoms with Crippen LogP contribution in [0.2, 0.25) is 0 Å². The fourth-order valence-corrected chi connectivity index (χ4v) is 3.51. The van der Waals surface area contributed by atoms with E-state index in [0.29, 0.717) is 55.3 Å². The molecule has 1 aromatic carbocycles. The van der Waals surface area contributed by atoms with Crippen LogP contribution in [0.3, 0.4) is 0 Å². The fourth-order valence-electron chi connectivity index (χ4n) is 3.51. The van der Waals surface area contributed by atoms with Crippen LogP contribution in [0.1, 0.15) is 113 Å². The summed E-state index contributed by atoms with van der Waals surface area (Å²) in [7, 11) is 0. The van der Waals surface area contributed by atoms with Crippen molar-refractivity contribution >= 4 is 11.9 Å². The van der Waals surface area contributed by atoms with Crippen LogP contribution in [0, 0.1) is 17.8 Å². The predicted molar refractivity (Wildman–Crippen MR) is 145 cm³/mol. The zero-order valence-corrected chi connectivity index (χ0v) is 23.8. The lowest BCUT2D eigenvalue weighted by atomic mass is 10.1. The Morgan fingerprint density at radius 2 is 1.22 bits per heavy atom. The topological polar surface area (TPSA) is 71.1 Å². The maximum absolute atomic E-state index is 12.8. The Labute approximate surface area is 219 Å². The molecule has 0 aliphatic carbocycles. The lowest BCUT2D eigenvalue weighted by Gasteiger charge is -2.19. The van der Waals surface area contributed by atoms with Crippen molar-refractivity contribution in [2.75, 3.05) is 13.2 Å². The van der Waals surface area contributed by atoms with E-state index >= 15 is 0 Å². The highest BCUT2D eigenvalue weighted by Gasteiger charge is 2.24.